The number of hydrogen-bond donors (Lipinski definition) is 0. The Bertz CT molecular complexity index is 730. The molecule has 0 aliphatic rings. The van der Waals surface area contributed by atoms with Crippen molar-refractivity contribution in [2.75, 3.05) is 0 Å². The summed E-state index contributed by atoms with van der Waals surface area (Å²) in [6.45, 7) is 2.57. The fourth-order valence-corrected chi connectivity index (χ4v) is 2.67. The topological polar surface area (TPSA) is 35.0 Å². The maximum absolute atomic E-state index is 5.70. The van der Waals surface area contributed by atoms with Crippen molar-refractivity contribution >= 4 is 11.8 Å². The minimum Gasteiger partial charge on any atom is -0.472 e. The van der Waals surface area contributed by atoms with Crippen LogP contribution in [0.3, 0.4) is 0 Å². The minimum atomic E-state index is 0.494. The smallest absolute Gasteiger partial charge is 0.233 e. The largest absolute Gasteiger partial charge is 0.472 e. The first-order valence-electron chi connectivity index (χ1n) is 7.03. The summed E-state index contributed by atoms with van der Waals surface area (Å²) in [7, 11) is 0. The van der Waals surface area contributed by atoms with Gasteiger partial charge in [-0.25, -0.2) is 4.98 Å². The van der Waals surface area contributed by atoms with Crippen LogP contribution in [-0.2, 0) is 6.61 Å². The highest BCUT2D eigenvalue weighted by Gasteiger charge is 2.03. The molecule has 0 spiro atoms. The van der Waals surface area contributed by atoms with E-state index in [9.17, 15) is 0 Å². The zero-order valence-corrected chi connectivity index (χ0v) is 13.1. The fourth-order valence-electron chi connectivity index (χ4n) is 1.91. The molecule has 22 heavy (non-hydrogen) atoms. The van der Waals surface area contributed by atoms with E-state index in [4.69, 9.17) is 4.74 Å². The predicted octanol–water partition coefficient (Wildman–Crippen LogP) is 4.52. The molecule has 0 atom stereocenters. The van der Waals surface area contributed by atoms with E-state index in [0.717, 1.165) is 15.5 Å². The van der Waals surface area contributed by atoms with Crippen molar-refractivity contribution in [1.29, 1.82) is 0 Å². The van der Waals surface area contributed by atoms with Crippen LogP contribution in [-0.4, -0.2) is 9.97 Å². The van der Waals surface area contributed by atoms with E-state index in [2.05, 4.69) is 41.2 Å². The maximum Gasteiger partial charge on any atom is 0.233 e. The summed E-state index contributed by atoms with van der Waals surface area (Å²) in [5, 5.41) is 0.828. The highest BCUT2D eigenvalue weighted by molar-refractivity contribution is 7.99. The third-order valence-electron chi connectivity index (χ3n) is 3.06. The van der Waals surface area contributed by atoms with Crippen molar-refractivity contribution in [3.63, 3.8) is 0 Å². The SMILES string of the molecule is Cc1ccc(Sc2cncc(OCc3ccccc3)n2)cc1. The Morgan fingerprint density at radius 2 is 1.73 bits per heavy atom. The predicted molar refractivity (Wildman–Crippen MR) is 88.1 cm³/mol. The second-order valence-corrected chi connectivity index (χ2v) is 5.98. The van der Waals surface area contributed by atoms with Gasteiger partial charge in [0.2, 0.25) is 5.88 Å². The summed E-state index contributed by atoms with van der Waals surface area (Å²) in [6, 6.07) is 18.4. The Balaban J connectivity index is 1.66. The fraction of sp³-hybridized carbons (Fsp3) is 0.111. The second kappa shape index (κ2) is 7.09. The van der Waals surface area contributed by atoms with Crippen molar-refractivity contribution in [2.24, 2.45) is 0 Å². The molecule has 0 saturated carbocycles. The van der Waals surface area contributed by atoms with Gasteiger partial charge in [0.25, 0.3) is 0 Å². The molecule has 110 valence electrons. The van der Waals surface area contributed by atoms with Gasteiger partial charge in [-0.05, 0) is 24.6 Å². The molecule has 0 aliphatic heterocycles. The Kier molecular flexibility index (Phi) is 4.71. The van der Waals surface area contributed by atoms with E-state index in [-0.39, 0.29) is 0 Å². The lowest BCUT2D eigenvalue weighted by atomic mass is 10.2. The third-order valence-corrected chi connectivity index (χ3v) is 3.98. The van der Waals surface area contributed by atoms with Crippen LogP contribution in [0.15, 0.2) is 76.9 Å². The maximum atomic E-state index is 5.70. The highest BCUT2D eigenvalue weighted by Crippen LogP contribution is 2.26. The first-order chi connectivity index (χ1) is 10.8. The molecule has 0 amide bonds. The summed E-state index contributed by atoms with van der Waals surface area (Å²) in [5.74, 6) is 0.543. The van der Waals surface area contributed by atoms with Crippen LogP contribution in [0.5, 0.6) is 5.88 Å². The van der Waals surface area contributed by atoms with Crippen molar-refractivity contribution in [2.45, 2.75) is 23.5 Å². The van der Waals surface area contributed by atoms with E-state index in [1.807, 2.05) is 30.3 Å². The van der Waals surface area contributed by atoms with Crippen LogP contribution < -0.4 is 4.74 Å². The molecule has 0 bridgehead atoms. The van der Waals surface area contributed by atoms with Crippen LogP contribution in [0, 0.1) is 6.92 Å². The number of nitrogens with zero attached hydrogens (tertiary/aromatic N) is 2. The summed E-state index contributed by atoms with van der Waals surface area (Å²) in [5.41, 5.74) is 2.36. The first kappa shape index (κ1) is 14.6. The molecule has 0 unspecified atom stereocenters. The lowest BCUT2D eigenvalue weighted by Crippen LogP contribution is -1.98. The third kappa shape index (κ3) is 4.09. The van der Waals surface area contributed by atoms with E-state index < -0.39 is 0 Å². The zero-order chi connectivity index (χ0) is 15.2. The number of aryl methyl sites for hydroxylation is 1. The van der Waals surface area contributed by atoms with Crippen molar-refractivity contribution < 1.29 is 4.74 Å². The van der Waals surface area contributed by atoms with Crippen LogP contribution in [0.1, 0.15) is 11.1 Å². The van der Waals surface area contributed by atoms with Gasteiger partial charge in [-0.2, -0.15) is 0 Å². The van der Waals surface area contributed by atoms with E-state index in [1.165, 1.54) is 5.56 Å². The van der Waals surface area contributed by atoms with Crippen LogP contribution in [0.4, 0.5) is 0 Å². The van der Waals surface area contributed by atoms with E-state index in [1.54, 1.807) is 24.2 Å². The second-order valence-electron chi connectivity index (χ2n) is 4.88. The lowest BCUT2D eigenvalue weighted by Gasteiger charge is -2.06. The molecule has 0 saturated heterocycles. The minimum absolute atomic E-state index is 0.494. The van der Waals surface area contributed by atoms with Crippen LogP contribution in [0.25, 0.3) is 0 Å². The quantitative estimate of drug-likeness (QED) is 0.694. The molecule has 1 heterocycles. The summed E-state index contributed by atoms with van der Waals surface area (Å²) in [6.07, 6.45) is 3.39. The molecule has 0 radical (unpaired) electrons. The van der Waals surface area contributed by atoms with Gasteiger partial charge in [0.15, 0.2) is 0 Å². The Labute approximate surface area is 134 Å². The Hall–Kier alpha value is -2.33. The average molecular weight is 308 g/mol. The number of benzene rings is 2. The van der Waals surface area contributed by atoms with Gasteiger partial charge in [-0.3, -0.25) is 4.98 Å². The van der Waals surface area contributed by atoms with E-state index >= 15 is 0 Å². The number of aromatic nitrogens is 2. The zero-order valence-electron chi connectivity index (χ0n) is 12.3. The molecule has 0 fully saturated rings. The first-order valence-corrected chi connectivity index (χ1v) is 7.84. The number of hydrogen-bond acceptors (Lipinski definition) is 4. The molecular formula is C18H16N2OS. The van der Waals surface area contributed by atoms with Gasteiger partial charge in [0.1, 0.15) is 11.6 Å². The standard InChI is InChI=1S/C18H16N2OS/c1-14-7-9-16(10-8-14)22-18-12-19-11-17(20-18)21-13-15-5-3-2-4-6-15/h2-12H,13H2,1H3. The van der Waals surface area contributed by atoms with Crippen LogP contribution in [0.2, 0.25) is 0 Å². The van der Waals surface area contributed by atoms with Gasteiger partial charge in [0.05, 0.1) is 12.4 Å². The molecule has 0 aliphatic carbocycles. The highest BCUT2D eigenvalue weighted by atomic mass is 32.2. The lowest BCUT2D eigenvalue weighted by molar-refractivity contribution is 0.290. The molecule has 0 N–H and O–H groups in total. The summed E-state index contributed by atoms with van der Waals surface area (Å²) < 4.78 is 5.70. The molecular weight excluding hydrogens is 292 g/mol. The molecule has 1 aromatic heterocycles. The van der Waals surface area contributed by atoms with E-state index in [0.29, 0.717) is 12.5 Å². The molecule has 2 aromatic carbocycles. The number of ether oxygens (including phenoxy) is 1. The van der Waals surface area contributed by atoms with Gasteiger partial charge in [0, 0.05) is 4.90 Å². The van der Waals surface area contributed by atoms with Gasteiger partial charge < -0.3 is 4.74 Å². The Morgan fingerprint density at radius 1 is 0.955 bits per heavy atom. The van der Waals surface area contributed by atoms with Crippen molar-refractivity contribution in [1.82, 2.24) is 9.97 Å². The molecule has 3 nitrogen and oxygen atoms in total. The Morgan fingerprint density at radius 3 is 2.50 bits per heavy atom. The molecule has 3 aromatic rings. The summed E-state index contributed by atoms with van der Waals surface area (Å²) >= 11 is 1.58. The van der Waals surface area contributed by atoms with Crippen LogP contribution >= 0.6 is 11.8 Å². The average Bonchev–Trinajstić information content (AvgIpc) is 2.57. The molecule has 3 rings (SSSR count). The molecule has 4 heteroatoms. The van der Waals surface area contributed by atoms with Gasteiger partial charge in [-0.1, -0.05) is 59.8 Å². The number of rotatable bonds is 5. The summed E-state index contributed by atoms with van der Waals surface area (Å²) in [4.78, 5) is 9.83. The van der Waals surface area contributed by atoms with Crippen molar-refractivity contribution in [3.8, 4) is 5.88 Å². The van der Waals surface area contributed by atoms with Gasteiger partial charge in [-0.15, -0.1) is 0 Å². The van der Waals surface area contributed by atoms with Crippen molar-refractivity contribution in [3.05, 3.63) is 78.1 Å². The monoisotopic (exact) mass is 308 g/mol. The normalized spacial score (nSPS) is 10.4. The van der Waals surface area contributed by atoms with Gasteiger partial charge >= 0.3 is 0 Å².